The summed E-state index contributed by atoms with van der Waals surface area (Å²) in [6, 6.07) is 31.4. The lowest BCUT2D eigenvalue weighted by molar-refractivity contribution is 0.0600. The number of carbonyl (C=O) groups excluding carboxylic acids is 2. The van der Waals surface area contributed by atoms with Gasteiger partial charge in [0.05, 0.1) is 17.7 Å². The zero-order valence-corrected chi connectivity index (χ0v) is 20.7. The van der Waals surface area contributed by atoms with E-state index in [2.05, 4.69) is 12.1 Å². The van der Waals surface area contributed by atoms with E-state index in [1.54, 1.807) is 48.5 Å². The van der Waals surface area contributed by atoms with Gasteiger partial charge in [-0.3, -0.25) is 4.79 Å². The highest BCUT2D eigenvalue weighted by atomic mass is 35.5. The number of hydrogen-bond acceptors (Lipinski definition) is 4. The predicted molar refractivity (Wildman–Crippen MR) is 141 cm³/mol. The Balaban J connectivity index is 1.51. The summed E-state index contributed by atoms with van der Waals surface area (Å²) in [5.41, 5.74) is 3.10. The molecule has 4 aromatic carbocycles. The van der Waals surface area contributed by atoms with E-state index < -0.39 is 5.97 Å². The number of rotatable bonds is 9. The molecule has 0 saturated heterocycles. The summed E-state index contributed by atoms with van der Waals surface area (Å²) in [5, 5.41) is 0.517. The number of benzene rings is 4. The third-order valence-corrected chi connectivity index (χ3v) is 6.03. The minimum atomic E-state index is -0.391. The maximum Gasteiger partial charge on any atom is 0.337 e. The van der Waals surface area contributed by atoms with Crippen molar-refractivity contribution in [3.05, 3.63) is 130 Å². The highest BCUT2D eigenvalue weighted by molar-refractivity contribution is 6.32. The van der Waals surface area contributed by atoms with Crippen LogP contribution in [0.3, 0.4) is 0 Å². The third-order valence-electron chi connectivity index (χ3n) is 5.71. The van der Waals surface area contributed by atoms with Gasteiger partial charge in [-0.15, -0.1) is 0 Å². The van der Waals surface area contributed by atoms with Crippen LogP contribution in [0.15, 0.2) is 103 Å². The monoisotopic (exact) mass is 499 g/mol. The quantitative estimate of drug-likeness (QED) is 0.237. The Hall–Kier alpha value is -4.09. The topological polar surface area (TPSA) is 55.8 Å². The number of hydrogen-bond donors (Lipinski definition) is 0. The molecule has 1 amide bonds. The van der Waals surface area contributed by atoms with E-state index in [1.807, 2.05) is 47.4 Å². The summed E-state index contributed by atoms with van der Waals surface area (Å²) < 4.78 is 10.6. The molecule has 6 heteroatoms. The van der Waals surface area contributed by atoms with Crippen molar-refractivity contribution in [2.45, 2.75) is 13.0 Å². The zero-order valence-electron chi connectivity index (χ0n) is 19.9. The Bertz CT molecular complexity index is 1310. The van der Waals surface area contributed by atoms with Gasteiger partial charge in [-0.1, -0.05) is 66.2 Å². The Kier molecular flexibility index (Phi) is 8.37. The van der Waals surface area contributed by atoms with Gasteiger partial charge >= 0.3 is 5.97 Å². The molecule has 4 rings (SSSR count). The lowest BCUT2D eigenvalue weighted by Gasteiger charge is -2.23. The maximum absolute atomic E-state index is 13.5. The van der Waals surface area contributed by atoms with Gasteiger partial charge in [0.2, 0.25) is 0 Å². The molecule has 0 aliphatic rings. The second kappa shape index (κ2) is 12.0. The Morgan fingerprint density at radius 2 is 1.39 bits per heavy atom. The summed E-state index contributed by atoms with van der Waals surface area (Å²) >= 11 is 6.18. The van der Waals surface area contributed by atoms with Crippen LogP contribution in [0.4, 0.5) is 0 Å². The van der Waals surface area contributed by atoms with E-state index in [0.29, 0.717) is 40.7 Å². The number of para-hydroxylation sites is 1. The maximum atomic E-state index is 13.5. The Morgan fingerprint density at radius 3 is 2.06 bits per heavy atom. The van der Waals surface area contributed by atoms with E-state index in [0.717, 1.165) is 17.5 Å². The van der Waals surface area contributed by atoms with Gasteiger partial charge < -0.3 is 14.4 Å². The fraction of sp³-hybridized carbons (Fsp3) is 0.133. The first-order chi connectivity index (χ1) is 17.5. The first-order valence-corrected chi connectivity index (χ1v) is 11.9. The van der Waals surface area contributed by atoms with Gasteiger partial charge in [0, 0.05) is 18.7 Å². The average Bonchev–Trinajstić information content (AvgIpc) is 2.93. The molecule has 0 fully saturated rings. The largest absolute Gasteiger partial charge is 0.465 e. The fourth-order valence-corrected chi connectivity index (χ4v) is 3.92. The predicted octanol–water partition coefficient (Wildman–Crippen LogP) is 6.80. The molecule has 0 unspecified atom stereocenters. The summed E-state index contributed by atoms with van der Waals surface area (Å²) in [7, 11) is 1.35. The number of esters is 1. The third kappa shape index (κ3) is 6.52. The van der Waals surface area contributed by atoms with E-state index in [1.165, 1.54) is 7.11 Å². The molecule has 36 heavy (non-hydrogen) atoms. The lowest BCUT2D eigenvalue weighted by atomic mass is 10.1. The van der Waals surface area contributed by atoms with Gasteiger partial charge in [-0.2, -0.15) is 0 Å². The summed E-state index contributed by atoms with van der Waals surface area (Å²) in [6.45, 7) is 0.949. The van der Waals surface area contributed by atoms with Gasteiger partial charge in [0.25, 0.3) is 5.91 Å². The molecular weight excluding hydrogens is 474 g/mol. The summed E-state index contributed by atoms with van der Waals surface area (Å²) in [5.74, 6) is 0.664. The first kappa shape index (κ1) is 25.0. The molecule has 5 nitrogen and oxygen atoms in total. The Morgan fingerprint density at radius 1 is 0.750 bits per heavy atom. The molecule has 0 heterocycles. The van der Waals surface area contributed by atoms with Crippen LogP contribution in [-0.4, -0.2) is 30.4 Å². The molecule has 0 aliphatic heterocycles. The van der Waals surface area contributed by atoms with Crippen LogP contribution >= 0.6 is 11.6 Å². The van der Waals surface area contributed by atoms with Crippen molar-refractivity contribution in [3.63, 3.8) is 0 Å². The van der Waals surface area contributed by atoms with Gasteiger partial charge in [0.1, 0.15) is 11.5 Å². The molecule has 0 aromatic heterocycles. The second-order valence-corrected chi connectivity index (χ2v) is 8.61. The molecule has 4 aromatic rings. The number of carbonyl (C=O) groups is 2. The first-order valence-electron chi connectivity index (χ1n) is 11.6. The fourth-order valence-electron chi connectivity index (χ4n) is 3.75. The minimum Gasteiger partial charge on any atom is -0.465 e. The van der Waals surface area contributed by atoms with Crippen LogP contribution in [0.1, 0.15) is 31.8 Å². The highest BCUT2D eigenvalue weighted by Crippen LogP contribution is 2.29. The summed E-state index contributed by atoms with van der Waals surface area (Å²) in [6.07, 6.45) is 0.723. The van der Waals surface area contributed by atoms with Crippen molar-refractivity contribution in [2.75, 3.05) is 13.7 Å². The van der Waals surface area contributed by atoms with E-state index in [4.69, 9.17) is 21.1 Å². The van der Waals surface area contributed by atoms with Crippen molar-refractivity contribution in [1.82, 2.24) is 4.90 Å². The second-order valence-electron chi connectivity index (χ2n) is 8.21. The van der Waals surface area contributed by atoms with E-state index in [-0.39, 0.29) is 5.91 Å². The van der Waals surface area contributed by atoms with Crippen molar-refractivity contribution in [1.29, 1.82) is 0 Å². The highest BCUT2D eigenvalue weighted by Gasteiger charge is 2.17. The van der Waals surface area contributed by atoms with Crippen LogP contribution in [0.25, 0.3) is 0 Å². The molecule has 0 N–H and O–H groups in total. The van der Waals surface area contributed by atoms with Gasteiger partial charge in [-0.05, 0) is 66.1 Å². The minimum absolute atomic E-state index is 0.0905. The van der Waals surface area contributed by atoms with Crippen molar-refractivity contribution < 1.29 is 19.1 Å². The van der Waals surface area contributed by atoms with Crippen LogP contribution in [0, 0.1) is 0 Å². The number of halogens is 1. The van der Waals surface area contributed by atoms with Crippen LogP contribution in [0.2, 0.25) is 5.02 Å². The zero-order chi connectivity index (χ0) is 25.3. The molecule has 0 bridgehead atoms. The number of amides is 1. The van der Waals surface area contributed by atoms with Crippen LogP contribution in [0.5, 0.6) is 11.5 Å². The van der Waals surface area contributed by atoms with Crippen LogP contribution in [-0.2, 0) is 17.7 Å². The smallest absolute Gasteiger partial charge is 0.337 e. The van der Waals surface area contributed by atoms with Crippen molar-refractivity contribution in [2.24, 2.45) is 0 Å². The molecule has 0 atom stereocenters. The van der Waals surface area contributed by atoms with E-state index in [9.17, 15) is 9.59 Å². The molecule has 0 saturated carbocycles. The number of ether oxygens (including phenoxy) is 2. The van der Waals surface area contributed by atoms with Crippen molar-refractivity contribution in [3.8, 4) is 11.5 Å². The number of methoxy groups -OCH3 is 1. The molecule has 0 radical (unpaired) electrons. The normalized spacial score (nSPS) is 10.5. The van der Waals surface area contributed by atoms with E-state index >= 15 is 0 Å². The van der Waals surface area contributed by atoms with Crippen LogP contribution < -0.4 is 4.74 Å². The Labute approximate surface area is 215 Å². The number of nitrogens with zero attached hydrogens (tertiary/aromatic N) is 1. The lowest BCUT2D eigenvalue weighted by Crippen LogP contribution is -2.32. The standard InChI is InChI=1S/C30H26ClNO4/c1-35-30(34)25-13-11-23(12-14-25)21-32(20-19-22-7-3-2-4-8-22)29(33)24-15-17-26(18-16-24)36-28-10-6-5-9-27(28)31/h2-18H,19-21H2,1H3. The summed E-state index contributed by atoms with van der Waals surface area (Å²) in [4.78, 5) is 27.1. The average molecular weight is 500 g/mol. The van der Waals surface area contributed by atoms with Gasteiger partial charge in [0.15, 0.2) is 0 Å². The molecular formula is C30H26ClNO4. The van der Waals surface area contributed by atoms with Gasteiger partial charge in [-0.25, -0.2) is 4.79 Å². The SMILES string of the molecule is COC(=O)c1ccc(CN(CCc2ccccc2)C(=O)c2ccc(Oc3ccccc3Cl)cc2)cc1. The molecule has 0 spiro atoms. The van der Waals surface area contributed by atoms with Crippen molar-refractivity contribution >= 4 is 23.5 Å². The molecule has 0 aliphatic carbocycles. The molecule has 182 valence electrons.